The molecule has 0 atom stereocenters. The summed E-state index contributed by atoms with van der Waals surface area (Å²) in [5, 5.41) is 6.82. The second-order valence-corrected chi connectivity index (χ2v) is 10.3. The molecule has 0 spiro atoms. The van der Waals surface area contributed by atoms with Gasteiger partial charge in [-0.1, -0.05) is 121 Å². The highest BCUT2D eigenvalue weighted by Gasteiger charge is 2.19. The molecule has 0 radical (unpaired) electrons. The third-order valence-electron chi connectivity index (χ3n) is 8.10. The predicted octanol–water partition coefficient (Wildman–Crippen LogP) is 11.5. The summed E-state index contributed by atoms with van der Waals surface area (Å²) in [5.74, 6) is 0. The van der Waals surface area contributed by atoms with Crippen molar-refractivity contribution < 1.29 is 15.4 Å². The first-order valence-corrected chi connectivity index (χ1v) is 13.4. The lowest BCUT2D eigenvalue weighted by Crippen LogP contribution is -1.90. The topological polar surface area (TPSA) is 13.1 Å². The van der Waals surface area contributed by atoms with Gasteiger partial charge in [-0.25, -0.2) is 0 Å². The molecule has 0 N–H and O–H groups in total. The van der Waals surface area contributed by atoms with Gasteiger partial charge in [-0.3, -0.25) is 0 Å². The maximum Gasteiger partial charge on any atom is 0.142 e. The molecule has 0 amide bonds. The Morgan fingerprint density at radius 3 is 2.10 bits per heavy atom. The minimum Gasteiger partial charge on any atom is -0.463 e. The third-order valence-corrected chi connectivity index (χ3v) is 8.10. The van der Waals surface area contributed by atoms with E-state index in [1.165, 1.54) is 0 Å². The van der Waals surface area contributed by atoms with Crippen LogP contribution < -0.4 is 0 Å². The van der Waals surface area contributed by atoms with Gasteiger partial charge in [-0.05, 0) is 83.3 Å². The van der Waals surface area contributed by atoms with Crippen LogP contribution in [0.1, 0.15) is 11.0 Å². The highest BCUT2D eigenvalue weighted by molar-refractivity contribution is 6.23. The molecule has 1 aromatic heterocycles. The number of fused-ring (bicyclic) bond motifs is 8. The van der Waals surface area contributed by atoms with Gasteiger partial charge in [0.2, 0.25) is 0 Å². The summed E-state index contributed by atoms with van der Waals surface area (Å²) in [7, 11) is 0. The van der Waals surface area contributed by atoms with Gasteiger partial charge in [0.1, 0.15) is 5.58 Å². The Balaban J connectivity index is 1.54. The molecule has 41 heavy (non-hydrogen) atoms. The number of furan rings is 1. The van der Waals surface area contributed by atoms with Crippen LogP contribution in [-0.4, -0.2) is 0 Å². The van der Waals surface area contributed by atoms with Crippen molar-refractivity contribution in [3.05, 3.63) is 146 Å². The Labute approximate surface area is 248 Å². The lowest BCUT2D eigenvalue weighted by molar-refractivity contribution is 0.620. The number of benzene rings is 8. The Hall–Kier alpha value is -5.40. The van der Waals surface area contributed by atoms with E-state index in [9.17, 15) is 2.74 Å². The van der Waals surface area contributed by atoms with E-state index in [1.54, 1.807) is 6.26 Å². The molecule has 0 aliphatic carbocycles. The highest BCUT2D eigenvalue weighted by Crippen LogP contribution is 2.46. The molecule has 9 aromatic rings. The first kappa shape index (κ1) is 16.0. The van der Waals surface area contributed by atoms with Gasteiger partial charge in [0, 0.05) is 16.3 Å². The van der Waals surface area contributed by atoms with Gasteiger partial charge in [-0.15, -0.1) is 0 Å². The molecule has 0 aliphatic heterocycles. The van der Waals surface area contributed by atoms with E-state index in [0.29, 0.717) is 33.0 Å². The molecule has 8 aromatic carbocycles. The van der Waals surface area contributed by atoms with Crippen LogP contribution in [0.3, 0.4) is 0 Å². The van der Waals surface area contributed by atoms with Crippen molar-refractivity contribution in [1.82, 2.24) is 0 Å². The predicted molar refractivity (Wildman–Crippen MR) is 175 cm³/mol. The largest absolute Gasteiger partial charge is 0.463 e. The average Bonchev–Trinajstić information content (AvgIpc) is 3.56. The standard InChI is InChI=1S/C40H24O/c1-5-15-30-25(9-1)12-7-17-33(30)39-31-16-6-3-11-27(31)23-28-13-8-18-34(38(28)39)37-24-41-40-35-20-19-26-10-2-4-14-29(26)32(35)21-22-36(37)40/h1-24H/i3D,6D,8D,11D,13D,16D,18D,23D. The molecule has 0 saturated heterocycles. The van der Waals surface area contributed by atoms with Crippen LogP contribution in [0, 0.1) is 0 Å². The number of hydrogen-bond acceptors (Lipinski definition) is 1. The van der Waals surface area contributed by atoms with Gasteiger partial charge in [0.25, 0.3) is 0 Å². The summed E-state index contributed by atoms with van der Waals surface area (Å²) < 4.78 is 78.3. The van der Waals surface area contributed by atoms with Crippen molar-refractivity contribution in [2.75, 3.05) is 0 Å². The van der Waals surface area contributed by atoms with Crippen LogP contribution >= 0.6 is 0 Å². The van der Waals surface area contributed by atoms with Gasteiger partial charge in [0.05, 0.1) is 17.2 Å². The fourth-order valence-electron chi connectivity index (χ4n) is 6.28. The minimum absolute atomic E-state index is 0.0343. The summed E-state index contributed by atoms with van der Waals surface area (Å²) in [6, 6.07) is 26.5. The quantitative estimate of drug-likeness (QED) is 0.161. The van der Waals surface area contributed by atoms with E-state index in [0.717, 1.165) is 32.3 Å². The summed E-state index contributed by atoms with van der Waals surface area (Å²) in [5.41, 5.74) is 2.35. The molecular weight excluding hydrogens is 496 g/mol. The van der Waals surface area contributed by atoms with Gasteiger partial charge < -0.3 is 4.42 Å². The van der Waals surface area contributed by atoms with E-state index >= 15 is 0 Å². The number of rotatable bonds is 2. The van der Waals surface area contributed by atoms with Crippen molar-refractivity contribution in [2.45, 2.75) is 0 Å². The van der Waals surface area contributed by atoms with Crippen LogP contribution in [0.15, 0.2) is 150 Å². The van der Waals surface area contributed by atoms with Gasteiger partial charge in [0.15, 0.2) is 0 Å². The van der Waals surface area contributed by atoms with Crippen LogP contribution in [0.25, 0.3) is 87.1 Å². The molecule has 0 saturated carbocycles. The first-order chi connectivity index (χ1) is 23.7. The Morgan fingerprint density at radius 2 is 1.17 bits per heavy atom. The molecule has 0 fully saturated rings. The number of hydrogen-bond donors (Lipinski definition) is 0. The van der Waals surface area contributed by atoms with Crippen LogP contribution in [-0.2, 0) is 0 Å². The van der Waals surface area contributed by atoms with E-state index in [-0.39, 0.29) is 58.0 Å². The second-order valence-electron chi connectivity index (χ2n) is 10.3. The fraction of sp³-hybridized carbons (Fsp3) is 0. The zero-order valence-electron chi connectivity index (χ0n) is 29.6. The van der Waals surface area contributed by atoms with E-state index in [2.05, 4.69) is 12.1 Å². The second kappa shape index (κ2) is 8.55. The summed E-state index contributed by atoms with van der Waals surface area (Å²) in [4.78, 5) is 0. The molecule has 0 bridgehead atoms. The third kappa shape index (κ3) is 3.24. The van der Waals surface area contributed by atoms with E-state index in [4.69, 9.17) is 12.6 Å². The van der Waals surface area contributed by atoms with Crippen LogP contribution in [0.5, 0.6) is 0 Å². The molecule has 9 rings (SSSR count). The lowest BCUT2D eigenvalue weighted by Gasteiger charge is -2.17. The van der Waals surface area contributed by atoms with Crippen molar-refractivity contribution in [1.29, 1.82) is 0 Å². The SMILES string of the molecule is [2H]c1c([2H])c([2H])c2c(-c3cccc4ccccc34)c3c(-c4coc5c4ccc4c6ccccc6ccc45)c([2H])c([2H])c([2H])c3c([2H])c2c1[2H]. The van der Waals surface area contributed by atoms with E-state index in [1.807, 2.05) is 78.9 Å². The van der Waals surface area contributed by atoms with Crippen molar-refractivity contribution in [3.8, 4) is 22.3 Å². The fourth-order valence-corrected chi connectivity index (χ4v) is 6.28. The van der Waals surface area contributed by atoms with Crippen molar-refractivity contribution in [2.24, 2.45) is 0 Å². The molecule has 1 heterocycles. The molecule has 0 aliphatic rings. The monoisotopic (exact) mass is 528 g/mol. The minimum atomic E-state index is -0.482. The highest BCUT2D eigenvalue weighted by atomic mass is 16.3. The first-order valence-electron chi connectivity index (χ1n) is 17.4. The molecule has 190 valence electrons. The van der Waals surface area contributed by atoms with E-state index < -0.39 is 12.1 Å². The van der Waals surface area contributed by atoms with Crippen LogP contribution in [0.2, 0.25) is 0 Å². The maximum atomic E-state index is 9.40. The smallest absolute Gasteiger partial charge is 0.142 e. The molecule has 0 unspecified atom stereocenters. The Bertz CT molecular complexity index is 2920. The summed E-state index contributed by atoms with van der Waals surface area (Å²) in [6.07, 6.45) is 1.55. The normalized spacial score (nSPS) is 14.6. The Morgan fingerprint density at radius 1 is 0.439 bits per heavy atom. The summed E-state index contributed by atoms with van der Waals surface area (Å²) >= 11 is 0. The van der Waals surface area contributed by atoms with Gasteiger partial charge >= 0.3 is 0 Å². The van der Waals surface area contributed by atoms with Crippen LogP contribution in [0.4, 0.5) is 0 Å². The average molecular weight is 529 g/mol. The zero-order valence-corrected chi connectivity index (χ0v) is 21.6. The maximum absolute atomic E-state index is 9.40. The zero-order chi connectivity index (χ0) is 33.9. The lowest BCUT2D eigenvalue weighted by atomic mass is 9.86. The molecule has 1 nitrogen and oxygen atoms in total. The van der Waals surface area contributed by atoms with Gasteiger partial charge in [-0.2, -0.15) is 0 Å². The molecular formula is C40H24O. The van der Waals surface area contributed by atoms with Crippen molar-refractivity contribution in [3.63, 3.8) is 0 Å². The summed E-state index contributed by atoms with van der Waals surface area (Å²) in [6.45, 7) is 0. The molecule has 1 heteroatoms. The van der Waals surface area contributed by atoms with Crippen molar-refractivity contribution >= 4 is 64.8 Å². The Kier molecular flexibility index (Phi) is 3.34.